The second kappa shape index (κ2) is 10.4. The van der Waals surface area contributed by atoms with Crippen LogP contribution in [-0.2, 0) is 15.9 Å². The fraction of sp³-hybridized carbons (Fsp3) is 0.632. The molecule has 27 heavy (non-hydrogen) atoms. The number of alkyl halides is 2. The molecule has 1 aromatic carbocycles. The zero-order valence-electron chi connectivity index (χ0n) is 16.4. The first kappa shape index (κ1) is 23.1. The Bertz CT molecular complexity index is 604. The molecule has 0 aromatic heterocycles. The molecule has 0 saturated heterocycles. The van der Waals surface area contributed by atoms with Crippen LogP contribution in [0, 0.1) is 0 Å². The Balaban J connectivity index is 0.00000176. The third-order valence-electron chi connectivity index (χ3n) is 3.68. The highest BCUT2D eigenvalue weighted by Gasteiger charge is 2.35. The van der Waals surface area contributed by atoms with Crippen LogP contribution in [0.2, 0.25) is 0 Å². The first-order valence-corrected chi connectivity index (χ1v) is 8.83. The number of alkyl carbamates (subject to hydrolysis) is 1. The van der Waals surface area contributed by atoms with Crippen LogP contribution in [0.4, 0.5) is 13.6 Å². The number of hydrogen-bond donors (Lipinski definition) is 2. The summed E-state index contributed by atoms with van der Waals surface area (Å²) in [5.41, 5.74) is 1.04. The average molecular weight is 389 g/mol. The number of carbonyl (C=O) groups is 1. The molecule has 1 aromatic rings. The van der Waals surface area contributed by atoms with Crippen molar-refractivity contribution in [1.82, 2.24) is 5.32 Å². The number of aliphatic hydroxyl groups excluding tert-OH is 1. The van der Waals surface area contributed by atoms with E-state index in [4.69, 9.17) is 14.6 Å². The number of ether oxygens (including phenoxy) is 3. The number of nitrogens with one attached hydrogen (secondary N) is 1. The van der Waals surface area contributed by atoms with Crippen molar-refractivity contribution in [3.8, 4) is 5.75 Å². The smallest absolute Gasteiger partial charge is 0.408 e. The van der Waals surface area contributed by atoms with Gasteiger partial charge in [0.25, 0.3) is 0 Å². The van der Waals surface area contributed by atoms with Crippen LogP contribution < -0.4 is 10.1 Å². The van der Waals surface area contributed by atoms with Gasteiger partial charge >= 0.3 is 12.7 Å². The van der Waals surface area contributed by atoms with Gasteiger partial charge in [0, 0.05) is 20.1 Å². The highest BCUT2D eigenvalue weighted by molar-refractivity contribution is 5.69. The van der Waals surface area contributed by atoms with Crippen LogP contribution in [0.25, 0.3) is 0 Å². The van der Waals surface area contributed by atoms with Crippen molar-refractivity contribution in [3.05, 3.63) is 29.3 Å². The maximum atomic E-state index is 12.4. The van der Waals surface area contributed by atoms with Gasteiger partial charge in [-0.25, -0.2) is 4.79 Å². The van der Waals surface area contributed by atoms with E-state index in [-0.39, 0.29) is 11.9 Å². The molecule has 0 bridgehead atoms. The van der Waals surface area contributed by atoms with Gasteiger partial charge in [0.1, 0.15) is 11.4 Å². The molecule has 0 aliphatic heterocycles. The highest BCUT2D eigenvalue weighted by atomic mass is 19.3. The SMILES string of the molecule is CCCOC1Cc2cc(OC(F)F)ccc2C1NC(=O)OC(C)(C)C.CO. The molecule has 8 heteroatoms. The molecule has 2 rings (SSSR count). The maximum absolute atomic E-state index is 12.4. The quantitative estimate of drug-likeness (QED) is 0.774. The van der Waals surface area contributed by atoms with Crippen LogP contribution in [0.5, 0.6) is 5.75 Å². The third-order valence-corrected chi connectivity index (χ3v) is 3.68. The lowest BCUT2D eigenvalue weighted by Gasteiger charge is -2.25. The van der Waals surface area contributed by atoms with Crippen molar-refractivity contribution in [2.45, 2.75) is 64.9 Å². The molecule has 1 aliphatic rings. The lowest BCUT2D eigenvalue weighted by Crippen LogP contribution is -2.39. The average Bonchev–Trinajstić information content (AvgIpc) is 2.89. The van der Waals surface area contributed by atoms with Crippen LogP contribution in [0.15, 0.2) is 18.2 Å². The summed E-state index contributed by atoms with van der Waals surface area (Å²) in [6, 6.07) is 4.33. The lowest BCUT2D eigenvalue weighted by atomic mass is 10.1. The molecule has 0 radical (unpaired) electrons. The van der Waals surface area contributed by atoms with Crippen LogP contribution in [0.1, 0.15) is 51.3 Å². The van der Waals surface area contributed by atoms with E-state index < -0.39 is 24.3 Å². The highest BCUT2D eigenvalue weighted by Crippen LogP contribution is 2.36. The summed E-state index contributed by atoms with van der Waals surface area (Å²) >= 11 is 0. The Morgan fingerprint density at radius 2 is 2.00 bits per heavy atom. The number of benzene rings is 1. The van der Waals surface area contributed by atoms with E-state index in [9.17, 15) is 13.6 Å². The van der Waals surface area contributed by atoms with Crippen molar-refractivity contribution >= 4 is 6.09 Å². The Kier molecular flexibility index (Phi) is 8.92. The second-order valence-corrected chi connectivity index (χ2v) is 6.98. The molecular formula is C19H29F2NO5. The predicted octanol–water partition coefficient (Wildman–Crippen LogP) is 3.81. The second-order valence-electron chi connectivity index (χ2n) is 6.98. The van der Waals surface area contributed by atoms with E-state index >= 15 is 0 Å². The van der Waals surface area contributed by atoms with Crippen molar-refractivity contribution in [2.75, 3.05) is 13.7 Å². The number of fused-ring (bicyclic) bond motifs is 1. The summed E-state index contributed by atoms with van der Waals surface area (Å²) in [7, 11) is 1.00. The lowest BCUT2D eigenvalue weighted by molar-refractivity contribution is -0.0498. The molecule has 0 fully saturated rings. The molecule has 0 spiro atoms. The van der Waals surface area contributed by atoms with Gasteiger partial charge in [-0.05, 0) is 50.5 Å². The first-order valence-electron chi connectivity index (χ1n) is 8.83. The van der Waals surface area contributed by atoms with E-state index in [0.29, 0.717) is 13.0 Å². The molecule has 2 unspecified atom stereocenters. The molecule has 0 saturated carbocycles. The monoisotopic (exact) mass is 389 g/mol. The number of aliphatic hydroxyl groups is 1. The largest absolute Gasteiger partial charge is 0.444 e. The van der Waals surface area contributed by atoms with E-state index in [1.807, 2.05) is 6.92 Å². The summed E-state index contributed by atoms with van der Waals surface area (Å²) in [4.78, 5) is 12.1. The fourth-order valence-corrected chi connectivity index (χ4v) is 2.80. The number of hydrogen-bond acceptors (Lipinski definition) is 5. The Morgan fingerprint density at radius 3 is 2.56 bits per heavy atom. The number of carbonyl (C=O) groups excluding carboxylic acids is 1. The molecule has 0 heterocycles. The van der Waals surface area contributed by atoms with Crippen molar-refractivity contribution < 1.29 is 32.9 Å². The molecule has 154 valence electrons. The van der Waals surface area contributed by atoms with Crippen LogP contribution >= 0.6 is 0 Å². The number of rotatable bonds is 6. The summed E-state index contributed by atoms with van der Waals surface area (Å²) in [6.07, 6.45) is 0.537. The predicted molar refractivity (Wildman–Crippen MR) is 97.1 cm³/mol. The number of halogens is 2. The topological polar surface area (TPSA) is 77.0 Å². The zero-order chi connectivity index (χ0) is 20.6. The van der Waals surface area contributed by atoms with Gasteiger partial charge < -0.3 is 24.6 Å². The summed E-state index contributed by atoms with van der Waals surface area (Å²) in [5.74, 6) is 0.0981. The standard InChI is InChI=1S/C18H25F2NO4.CH4O/c1-5-8-23-14-10-11-9-12(24-16(19)20)6-7-13(11)15(14)21-17(22)25-18(2,3)4;1-2/h6-7,9,14-16H,5,8,10H2,1-4H3,(H,21,22);2H,1H3. The van der Waals surface area contributed by atoms with Gasteiger partial charge in [-0.15, -0.1) is 0 Å². The molecule has 1 aliphatic carbocycles. The molecule has 2 N–H and O–H groups in total. The van der Waals surface area contributed by atoms with Crippen LogP contribution in [-0.4, -0.2) is 43.2 Å². The van der Waals surface area contributed by atoms with Gasteiger partial charge in [-0.2, -0.15) is 8.78 Å². The van der Waals surface area contributed by atoms with E-state index in [1.54, 1.807) is 32.9 Å². The normalized spacial score (nSPS) is 18.4. The third kappa shape index (κ3) is 7.30. The van der Waals surface area contributed by atoms with Gasteiger partial charge in [0.2, 0.25) is 0 Å². The van der Waals surface area contributed by atoms with Crippen LogP contribution in [0.3, 0.4) is 0 Å². The van der Waals surface area contributed by atoms with Gasteiger partial charge in [0.15, 0.2) is 0 Å². The van der Waals surface area contributed by atoms with E-state index in [2.05, 4.69) is 10.1 Å². The van der Waals surface area contributed by atoms with Crippen molar-refractivity contribution in [2.24, 2.45) is 0 Å². The zero-order valence-corrected chi connectivity index (χ0v) is 16.4. The van der Waals surface area contributed by atoms with Gasteiger partial charge in [-0.3, -0.25) is 0 Å². The summed E-state index contributed by atoms with van der Waals surface area (Å²) in [6.45, 7) is 5.03. The minimum atomic E-state index is -2.87. The first-order chi connectivity index (χ1) is 12.7. The molecule has 6 nitrogen and oxygen atoms in total. The van der Waals surface area contributed by atoms with Crippen molar-refractivity contribution in [1.29, 1.82) is 0 Å². The minimum absolute atomic E-state index is 0.0981. The molecule has 1 amide bonds. The maximum Gasteiger partial charge on any atom is 0.408 e. The summed E-state index contributed by atoms with van der Waals surface area (Å²) < 4.78 is 40.4. The summed E-state index contributed by atoms with van der Waals surface area (Å²) in [5, 5.41) is 9.84. The van der Waals surface area contributed by atoms with Gasteiger partial charge in [-0.1, -0.05) is 13.0 Å². The molecular weight excluding hydrogens is 360 g/mol. The van der Waals surface area contributed by atoms with Gasteiger partial charge in [0.05, 0.1) is 12.1 Å². The Labute approximate surface area is 158 Å². The van der Waals surface area contributed by atoms with E-state index in [0.717, 1.165) is 24.7 Å². The fourth-order valence-electron chi connectivity index (χ4n) is 2.80. The Morgan fingerprint density at radius 1 is 1.33 bits per heavy atom. The number of amides is 1. The Hall–Kier alpha value is -1.93. The molecule has 2 atom stereocenters. The van der Waals surface area contributed by atoms with Crippen molar-refractivity contribution in [3.63, 3.8) is 0 Å². The van der Waals surface area contributed by atoms with E-state index in [1.165, 1.54) is 6.07 Å². The minimum Gasteiger partial charge on any atom is -0.444 e.